The minimum Gasteiger partial charge on any atom is -0.478 e. The molecule has 4 nitrogen and oxygen atoms in total. The molecule has 2 aromatic rings. The summed E-state index contributed by atoms with van der Waals surface area (Å²) < 4.78 is 2.08. The van der Waals surface area contributed by atoms with E-state index in [1.807, 2.05) is 6.07 Å². The van der Waals surface area contributed by atoms with Gasteiger partial charge in [-0.15, -0.1) is 0 Å². The molecule has 0 aliphatic carbocycles. The van der Waals surface area contributed by atoms with Crippen molar-refractivity contribution < 1.29 is 9.90 Å². The summed E-state index contributed by atoms with van der Waals surface area (Å²) in [7, 11) is 0. The zero-order chi connectivity index (χ0) is 14.0. The van der Waals surface area contributed by atoms with Gasteiger partial charge in [0.2, 0.25) is 0 Å². The van der Waals surface area contributed by atoms with E-state index in [1.54, 1.807) is 18.5 Å². The van der Waals surface area contributed by atoms with Crippen molar-refractivity contribution in [1.82, 2.24) is 9.55 Å². The molecule has 2 unspecified atom stereocenters. The fraction of sp³-hybridized carbons (Fsp3) is 0.467. The van der Waals surface area contributed by atoms with Gasteiger partial charge in [-0.2, -0.15) is 0 Å². The van der Waals surface area contributed by atoms with Gasteiger partial charge in [-0.05, 0) is 31.4 Å². The Hall–Kier alpha value is -1.84. The smallest absolute Gasteiger partial charge is 0.337 e. The molecule has 0 aliphatic rings. The highest BCUT2D eigenvalue weighted by molar-refractivity contribution is 6.00. The van der Waals surface area contributed by atoms with Crippen LogP contribution in [0.3, 0.4) is 0 Å². The molecule has 1 aromatic carbocycles. The van der Waals surface area contributed by atoms with Crippen LogP contribution < -0.4 is 0 Å². The fourth-order valence-corrected chi connectivity index (χ4v) is 2.44. The first-order chi connectivity index (χ1) is 9.04. The van der Waals surface area contributed by atoms with Crippen LogP contribution in [-0.2, 0) is 0 Å². The number of benzene rings is 1. The number of rotatable bonds is 5. The van der Waals surface area contributed by atoms with Crippen molar-refractivity contribution in [2.24, 2.45) is 5.92 Å². The van der Waals surface area contributed by atoms with Gasteiger partial charge >= 0.3 is 5.97 Å². The van der Waals surface area contributed by atoms with Crippen molar-refractivity contribution in [3.8, 4) is 0 Å². The maximum atomic E-state index is 11.2. The van der Waals surface area contributed by atoms with Gasteiger partial charge in [-0.1, -0.05) is 26.3 Å². The fourth-order valence-electron chi connectivity index (χ4n) is 2.44. The number of para-hydroxylation sites is 1. The Kier molecular flexibility index (Phi) is 3.88. The standard InChI is InChI=1S/C15H20N2O2/c1-4-10(2)8-11(3)17-9-16-14-12(15(18)19)6-5-7-13(14)17/h5-7,9-11H,4,8H2,1-3H3,(H,18,19). The molecule has 2 atom stereocenters. The highest BCUT2D eigenvalue weighted by Crippen LogP contribution is 2.25. The molecular formula is C15H20N2O2. The first-order valence-corrected chi connectivity index (χ1v) is 6.73. The Morgan fingerprint density at radius 2 is 2.16 bits per heavy atom. The zero-order valence-electron chi connectivity index (χ0n) is 11.6. The lowest BCUT2D eigenvalue weighted by molar-refractivity contribution is 0.0699. The number of fused-ring (bicyclic) bond motifs is 1. The van der Waals surface area contributed by atoms with Crippen LogP contribution in [0.1, 0.15) is 50.0 Å². The molecule has 19 heavy (non-hydrogen) atoms. The Labute approximate surface area is 113 Å². The summed E-state index contributed by atoms with van der Waals surface area (Å²) in [6.07, 6.45) is 3.97. The maximum Gasteiger partial charge on any atom is 0.337 e. The third-order valence-corrected chi connectivity index (χ3v) is 3.75. The highest BCUT2D eigenvalue weighted by atomic mass is 16.4. The average Bonchev–Trinajstić information content (AvgIpc) is 2.81. The molecule has 1 N–H and O–H groups in total. The van der Waals surface area contributed by atoms with Gasteiger partial charge < -0.3 is 9.67 Å². The van der Waals surface area contributed by atoms with Gasteiger partial charge in [0, 0.05) is 6.04 Å². The topological polar surface area (TPSA) is 55.1 Å². The normalized spacial score (nSPS) is 14.5. The van der Waals surface area contributed by atoms with Crippen LogP contribution in [0, 0.1) is 5.92 Å². The number of carboxylic acids is 1. The van der Waals surface area contributed by atoms with Crippen molar-refractivity contribution in [2.75, 3.05) is 0 Å². The second-order valence-electron chi connectivity index (χ2n) is 5.23. The summed E-state index contributed by atoms with van der Waals surface area (Å²) in [6.45, 7) is 6.57. The summed E-state index contributed by atoms with van der Waals surface area (Å²) in [5.74, 6) is -0.277. The number of carbonyl (C=O) groups is 1. The summed E-state index contributed by atoms with van der Waals surface area (Å²) in [4.78, 5) is 15.4. The molecule has 0 saturated carbocycles. The van der Waals surface area contributed by atoms with E-state index in [-0.39, 0.29) is 5.56 Å². The molecule has 2 rings (SSSR count). The molecular weight excluding hydrogens is 240 g/mol. The second kappa shape index (κ2) is 5.43. The Bertz CT molecular complexity index is 589. The van der Waals surface area contributed by atoms with Gasteiger partial charge in [0.1, 0.15) is 5.52 Å². The van der Waals surface area contributed by atoms with Gasteiger partial charge in [0.15, 0.2) is 0 Å². The lowest BCUT2D eigenvalue weighted by atomic mass is 10.00. The van der Waals surface area contributed by atoms with E-state index in [1.165, 1.54) is 0 Å². The van der Waals surface area contributed by atoms with Crippen LogP contribution in [0.4, 0.5) is 0 Å². The summed E-state index contributed by atoms with van der Waals surface area (Å²) in [5.41, 5.74) is 1.74. The van der Waals surface area contributed by atoms with Crippen LogP contribution >= 0.6 is 0 Å². The molecule has 0 spiro atoms. The number of imidazole rings is 1. The maximum absolute atomic E-state index is 11.2. The number of hydrogen-bond acceptors (Lipinski definition) is 2. The molecule has 102 valence electrons. The van der Waals surface area contributed by atoms with E-state index >= 15 is 0 Å². The summed E-state index contributed by atoms with van der Waals surface area (Å²) in [6, 6.07) is 5.63. The van der Waals surface area contributed by atoms with Crippen molar-refractivity contribution in [3.63, 3.8) is 0 Å². The molecule has 1 aromatic heterocycles. The highest BCUT2D eigenvalue weighted by Gasteiger charge is 2.16. The molecule has 1 heterocycles. The Balaban J connectivity index is 2.40. The number of carboxylic acid groups (broad SMARTS) is 1. The Morgan fingerprint density at radius 3 is 2.79 bits per heavy atom. The number of hydrogen-bond donors (Lipinski definition) is 1. The van der Waals surface area contributed by atoms with Crippen molar-refractivity contribution in [3.05, 3.63) is 30.1 Å². The monoisotopic (exact) mass is 260 g/mol. The van der Waals surface area contributed by atoms with E-state index < -0.39 is 5.97 Å². The molecule has 0 aliphatic heterocycles. The largest absolute Gasteiger partial charge is 0.478 e. The lowest BCUT2D eigenvalue weighted by Crippen LogP contribution is -2.08. The second-order valence-corrected chi connectivity index (χ2v) is 5.23. The van der Waals surface area contributed by atoms with Crippen molar-refractivity contribution >= 4 is 17.0 Å². The summed E-state index contributed by atoms with van der Waals surface area (Å²) >= 11 is 0. The quantitative estimate of drug-likeness (QED) is 0.891. The van der Waals surface area contributed by atoms with E-state index in [9.17, 15) is 4.79 Å². The SMILES string of the molecule is CCC(C)CC(C)n1cnc2c(C(=O)O)cccc21. The van der Waals surface area contributed by atoms with E-state index in [0.717, 1.165) is 18.4 Å². The lowest BCUT2D eigenvalue weighted by Gasteiger charge is -2.18. The molecule has 0 radical (unpaired) electrons. The Morgan fingerprint density at radius 1 is 1.42 bits per heavy atom. The predicted octanol–water partition coefficient (Wildman–Crippen LogP) is 3.73. The van der Waals surface area contributed by atoms with Crippen molar-refractivity contribution in [2.45, 2.75) is 39.7 Å². The molecule has 0 amide bonds. The van der Waals surface area contributed by atoms with E-state index in [4.69, 9.17) is 5.11 Å². The van der Waals surface area contributed by atoms with E-state index in [2.05, 4.69) is 30.3 Å². The van der Waals surface area contributed by atoms with Gasteiger partial charge in [-0.3, -0.25) is 0 Å². The van der Waals surface area contributed by atoms with Gasteiger partial charge in [0.05, 0.1) is 17.4 Å². The third kappa shape index (κ3) is 2.62. The van der Waals surface area contributed by atoms with Crippen LogP contribution in [0.2, 0.25) is 0 Å². The summed E-state index contributed by atoms with van der Waals surface area (Å²) in [5, 5.41) is 9.16. The third-order valence-electron chi connectivity index (χ3n) is 3.75. The number of aromatic nitrogens is 2. The van der Waals surface area contributed by atoms with Gasteiger partial charge in [-0.25, -0.2) is 9.78 Å². The van der Waals surface area contributed by atoms with Crippen LogP contribution in [0.15, 0.2) is 24.5 Å². The van der Waals surface area contributed by atoms with Crippen molar-refractivity contribution in [1.29, 1.82) is 0 Å². The zero-order valence-corrected chi connectivity index (χ0v) is 11.6. The van der Waals surface area contributed by atoms with Crippen LogP contribution in [-0.4, -0.2) is 20.6 Å². The molecule has 0 saturated heterocycles. The number of aromatic carboxylic acids is 1. The van der Waals surface area contributed by atoms with E-state index in [0.29, 0.717) is 17.5 Å². The minimum atomic E-state index is -0.926. The average molecular weight is 260 g/mol. The molecule has 4 heteroatoms. The van der Waals surface area contributed by atoms with Crippen LogP contribution in [0.5, 0.6) is 0 Å². The number of nitrogens with zero attached hydrogens (tertiary/aromatic N) is 2. The first-order valence-electron chi connectivity index (χ1n) is 6.73. The minimum absolute atomic E-state index is 0.270. The van der Waals surface area contributed by atoms with Crippen LogP contribution in [0.25, 0.3) is 11.0 Å². The first kappa shape index (κ1) is 13.6. The molecule has 0 fully saturated rings. The predicted molar refractivity (Wildman–Crippen MR) is 75.5 cm³/mol. The molecule has 0 bridgehead atoms. The van der Waals surface area contributed by atoms with Gasteiger partial charge in [0.25, 0.3) is 0 Å².